The number of Topliss-reactive ketones (excluding diaryl/α,β-unsaturated/α-hetero) is 1. The fourth-order valence-electron chi connectivity index (χ4n) is 9.45. The van der Waals surface area contributed by atoms with Gasteiger partial charge in [-0.15, -0.1) is 0 Å². The Balaban J connectivity index is 1.67. The van der Waals surface area contributed by atoms with Crippen LogP contribution in [0.5, 0.6) is 0 Å². The highest BCUT2D eigenvalue weighted by atomic mass is 16.6. The van der Waals surface area contributed by atoms with Gasteiger partial charge < -0.3 is 28.5 Å². The standard InChI is InChI=1S/C33H38O11/c1-16(2)27(38)44-32-15-30(5)21(13-22(35)40-7)31(32,6)19-8-10-29(4)20(12-23(36)43-26(29)18-9-11-41-14-18)24(19)25(37)33(32,39)28(30)42-17(3)34/h9,11-12,14,16,21,26,28,39H,8,10,13,15H2,1-7H3. The van der Waals surface area contributed by atoms with Gasteiger partial charge in [0, 0.05) is 53.2 Å². The summed E-state index contributed by atoms with van der Waals surface area (Å²) in [5.41, 5.74) is -6.05. The van der Waals surface area contributed by atoms with Crippen LogP contribution in [0.2, 0.25) is 0 Å². The molecule has 8 atom stereocenters. The van der Waals surface area contributed by atoms with Crippen LogP contribution in [-0.4, -0.2) is 59.2 Å². The summed E-state index contributed by atoms with van der Waals surface area (Å²) in [6.45, 7) is 9.92. The van der Waals surface area contributed by atoms with Crippen LogP contribution in [0.3, 0.4) is 0 Å². The monoisotopic (exact) mass is 610 g/mol. The minimum Gasteiger partial charge on any atom is -0.472 e. The molecule has 236 valence electrons. The van der Waals surface area contributed by atoms with Crippen molar-refractivity contribution < 1.29 is 52.4 Å². The van der Waals surface area contributed by atoms with Gasteiger partial charge in [0.1, 0.15) is 12.2 Å². The summed E-state index contributed by atoms with van der Waals surface area (Å²) < 4.78 is 28.3. The molecule has 0 aromatic carbocycles. The van der Waals surface area contributed by atoms with Gasteiger partial charge in [0.25, 0.3) is 0 Å². The number of esters is 4. The van der Waals surface area contributed by atoms with Crippen LogP contribution in [0.4, 0.5) is 0 Å². The zero-order valence-electron chi connectivity index (χ0n) is 26.0. The van der Waals surface area contributed by atoms with E-state index in [4.69, 9.17) is 23.4 Å². The molecule has 1 aliphatic heterocycles. The molecule has 8 unspecified atom stereocenters. The average molecular weight is 611 g/mol. The maximum Gasteiger partial charge on any atom is 0.331 e. The number of hydrogen-bond donors (Lipinski definition) is 1. The Morgan fingerprint density at radius 1 is 1.16 bits per heavy atom. The van der Waals surface area contributed by atoms with Crippen LogP contribution in [0.1, 0.15) is 78.9 Å². The average Bonchev–Trinajstić information content (AvgIpc) is 3.60. The molecule has 0 saturated heterocycles. The first kappa shape index (κ1) is 30.3. The summed E-state index contributed by atoms with van der Waals surface area (Å²) in [6.07, 6.45) is 2.56. The molecule has 0 radical (unpaired) electrons. The summed E-state index contributed by atoms with van der Waals surface area (Å²) in [4.78, 5) is 67.1. The lowest BCUT2D eigenvalue weighted by molar-refractivity contribution is -0.259. The zero-order valence-corrected chi connectivity index (χ0v) is 26.0. The van der Waals surface area contributed by atoms with Crippen molar-refractivity contribution in [1.82, 2.24) is 0 Å². The minimum absolute atomic E-state index is 0.0381. The zero-order chi connectivity index (χ0) is 32.2. The molecule has 2 saturated carbocycles. The van der Waals surface area contributed by atoms with Crippen molar-refractivity contribution in [2.75, 3.05) is 7.11 Å². The molecule has 1 aromatic rings. The Labute approximate surface area is 254 Å². The van der Waals surface area contributed by atoms with Crippen LogP contribution in [0.25, 0.3) is 0 Å². The molecule has 2 heterocycles. The lowest BCUT2D eigenvalue weighted by Crippen LogP contribution is -2.77. The molecule has 0 spiro atoms. The maximum absolute atomic E-state index is 15.1. The van der Waals surface area contributed by atoms with Crippen molar-refractivity contribution in [2.24, 2.45) is 28.1 Å². The number of ether oxygens (including phenoxy) is 4. The van der Waals surface area contributed by atoms with Gasteiger partial charge in [-0.05, 0) is 36.0 Å². The second kappa shape index (κ2) is 9.39. The predicted molar refractivity (Wildman–Crippen MR) is 150 cm³/mol. The molecule has 6 rings (SSSR count). The first-order valence-corrected chi connectivity index (χ1v) is 15.0. The lowest BCUT2D eigenvalue weighted by Gasteiger charge is -2.63. The van der Waals surface area contributed by atoms with E-state index in [1.807, 2.05) is 13.8 Å². The van der Waals surface area contributed by atoms with E-state index in [0.29, 0.717) is 29.6 Å². The second-order valence-electron chi connectivity index (χ2n) is 13.9. The van der Waals surface area contributed by atoms with Gasteiger partial charge in [0.15, 0.2) is 5.60 Å². The van der Waals surface area contributed by atoms with Crippen LogP contribution in [-0.2, 0) is 42.9 Å². The molecule has 11 nitrogen and oxygen atoms in total. The van der Waals surface area contributed by atoms with Gasteiger partial charge in [-0.25, -0.2) is 4.79 Å². The van der Waals surface area contributed by atoms with Gasteiger partial charge in [-0.2, -0.15) is 0 Å². The number of hydrogen-bond acceptors (Lipinski definition) is 11. The second-order valence-corrected chi connectivity index (χ2v) is 13.9. The topological polar surface area (TPSA) is 156 Å². The third-order valence-corrected chi connectivity index (χ3v) is 11.4. The van der Waals surface area contributed by atoms with Crippen LogP contribution < -0.4 is 0 Å². The first-order chi connectivity index (χ1) is 20.5. The largest absolute Gasteiger partial charge is 0.472 e. The van der Waals surface area contributed by atoms with Gasteiger partial charge >= 0.3 is 23.9 Å². The molecule has 2 bridgehead atoms. The molecule has 5 aliphatic rings. The number of furan rings is 1. The molecule has 11 heteroatoms. The Morgan fingerprint density at radius 2 is 1.86 bits per heavy atom. The Bertz CT molecular complexity index is 1550. The van der Waals surface area contributed by atoms with Crippen molar-refractivity contribution in [3.05, 3.63) is 47.0 Å². The van der Waals surface area contributed by atoms with Gasteiger partial charge in [0.05, 0.1) is 25.6 Å². The molecule has 2 fully saturated rings. The Kier molecular flexibility index (Phi) is 6.47. The van der Waals surface area contributed by atoms with Gasteiger partial charge in [-0.3, -0.25) is 19.2 Å². The summed E-state index contributed by atoms with van der Waals surface area (Å²) in [6, 6.07) is 1.70. The maximum atomic E-state index is 15.1. The van der Waals surface area contributed by atoms with Crippen molar-refractivity contribution >= 4 is 29.7 Å². The molecular formula is C33H38O11. The Hall–Kier alpha value is -3.73. The minimum atomic E-state index is -2.52. The van der Waals surface area contributed by atoms with E-state index < -0.39 is 81.2 Å². The highest BCUT2D eigenvalue weighted by Crippen LogP contribution is 2.80. The van der Waals surface area contributed by atoms with Crippen molar-refractivity contribution in [1.29, 1.82) is 0 Å². The van der Waals surface area contributed by atoms with E-state index in [1.165, 1.54) is 32.6 Å². The lowest BCUT2D eigenvalue weighted by atomic mass is 9.43. The van der Waals surface area contributed by atoms with Crippen molar-refractivity contribution in [2.45, 2.75) is 90.6 Å². The third kappa shape index (κ3) is 3.44. The highest BCUT2D eigenvalue weighted by molar-refractivity contribution is 6.12. The van der Waals surface area contributed by atoms with Crippen molar-refractivity contribution in [3.8, 4) is 0 Å². The quantitative estimate of drug-likeness (QED) is 0.370. The third-order valence-electron chi connectivity index (χ3n) is 11.4. The summed E-state index contributed by atoms with van der Waals surface area (Å²) in [7, 11) is 1.27. The summed E-state index contributed by atoms with van der Waals surface area (Å²) in [5, 5.41) is 12.9. The van der Waals surface area contributed by atoms with E-state index in [-0.39, 0.29) is 18.4 Å². The van der Waals surface area contributed by atoms with E-state index >= 15 is 4.79 Å². The first-order valence-electron chi connectivity index (χ1n) is 15.0. The van der Waals surface area contributed by atoms with E-state index in [9.17, 15) is 24.3 Å². The number of fused-ring (bicyclic) bond motifs is 4. The fraction of sp³-hybridized carbons (Fsp3) is 0.606. The van der Waals surface area contributed by atoms with E-state index in [1.54, 1.807) is 26.8 Å². The van der Waals surface area contributed by atoms with E-state index in [2.05, 4.69) is 0 Å². The summed E-state index contributed by atoms with van der Waals surface area (Å²) in [5.74, 6) is -4.68. The number of cyclic esters (lactones) is 1. The number of methoxy groups -OCH3 is 1. The molecule has 44 heavy (non-hydrogen) atoms. The van der Waals surface area contributed by atoms with Crippen LogP contribution in [0, 0.1) is 28.1 Å². The normalized spacial score (nSPS) is 40.2. The van der Waals surface area contributed by atoms with E-state index in [0.717, 1.165) is 0 Å². The number of carbonyl (C=O) groups excluding carboxylic acids is 5. The number of rotatable bonds is 6. The molecule has 4 aliphatic carbocycles. The van der Waals surface area contributed by atoms with Crippen LogP contribution in [0.15, 0.2) is 45.8 Å². The smallest absolute Gasteiger partial charge is 0.331 e. The molecule has 0 amide bonds. The highest BCUT2D eigenvalue weighted by Gasteiger charge is 2.91. The van der Waals surface area contributed by atoms with Gasteiger partial charge in [0.2, 0.25) is 11.4 Å². The fourth-order valence-corrected chi connectivity index (χ4v) is 9.45. The molecular weight excluding hydrogens is 572 g/mol. The predicted octanol–water partition coefficient (Wildman–Crippen LogP) is 3.69. The number of ketones is 1. The summed E-state index contributed by atoms with van der Waals surface area (Å²) >= 11 is 0. The van der Waals surface area contributed by atoms with Crippen LogP contribution >= 0.6 is 0 Å². The van der Waals surface area contributed by atoms with Crippen molar-refractivity contribution in [3.63, 3.8) is 0 Å². The molecule has 1 aromatic heterocycles. The SMILES string of the molecule is COC(=O)CC1C2(C)CC3(OC(=O)C(C)C)C1(C)C1=C(C(=O)C3(O)C2OC(C)=O)C2=CC(=O)OC(c3ccoc3)C2(C)CC1. The molecule has 1 N–H and O–H groups in total. The van der Waals surface area contributed by atoms with Gasteiger partial charge in [-0.1, -0.05) is 34.6 Å². The Morgan fingerprint density at radius 3 is 2.45 bits per heavy atom. The number of carbonyl (C=O) groups is 5. The number of aliphatic hydroxyl groups is 1.